The molecule has 0 fully saturated rings. The fourth-order valence-electron chi connectivity index (χ4n) is 2.25. The highest BCUT2D eigenvalue weighted by Crippen LogP contribution is 2.08. The molecule has 138 valence electrons. The maximum absolute atomic E-state index is 5.33. The van der Waals surface area contributed by atoms with Gasteiger partial charge in [0.2, 0.25) is 0 Å². The number of unbranched alkanes of at least 4 members (excludes halogenated alkanes) is 1. The van der Waals surface area contributed by atoms with E-state index in [1.165, 1.54) is 0 Å². The van der Waals surface area contributed by atoms with Crippen molar-refractivity contribution in [2.45, 2.75) is 26.3 Å². The van der Waals surface area contributed by atoms with Crippen LogP contribution in [0.25, 0.3) is 5.69 Å². The Morgan fingerprint density at radius 2 is 2.00 bits per heavy atom. The molecule has 25 heavy (non-hydrogen) atoms. The van der Waals surface area contributed by atoms with Crippen LogP contribution in [0.4, 0.5) is 0 Å². The summed E-state index contributed by atoms with van der Waals surface area (Å²) in [5.74, 6) is 1.59. The van der Waals surface area contributed by atoms with Gasteiger partial charge in [-0.15, -0.1) is 34.2 Å². The van der Waals surface area contributed by atoms with Crippen molar-refractivity contribution in [3.05, 3.63) is 42.5 Å². The van der Waals surface area contributed by atoms with Gasteiger partial charge in [-0.05, 0) is 31.9 Å². The Labute approximate surface area is 166 Å². The molecule has 0 radical (unpaired) electrons. The van der Waals surface area contributed by atoms with E-state index in [9.17, 15) is 0 Å². The molecule has 0 atom stereocenters. The first-order valence-corrected chi connectivity index (χ1v) is 8.31. The fraction of sp³-hybridized carbons (Fsp3) is 0.471. The van der Waals surface area contributed by atoms with E-state index in [2.05, 4.69) is 25.8 Å². The molecule has 0 spiro atoms. The lowest BCUT2D eigenvalue weighted by Gasteiger charge is -2.12. The number of nitrogens with zero attached hydrogens (tertiary/aromatic N) is 4. The second-order valence-electron chi connectivity index (χ2n) is 5.21. The van der Waals surface area contributed by atoms with Gasteiger partial charge in [-0.2, -0.15) is 0 Å². The van der Waals surface area contributed by atoms with Crippen LogP contribution < -0.4 is 10.6 Å². The van der Waals surface area contributed by atoms with E-state index in [1.807, 2.05) is 41.8 Å². The Bertz CT molecular complexity index is 617. The van der Waals surface area contributed by atoms with E-state index in [-0.39, 0.29) is 24.0 Å². The van der Waals surface area contributed by atoms with Crippen molar-refractivity contribution in [2.75, 3.05) is 26.8 Å². The van der Waals surface area contributed by atoms with Crippen molar-refractivity contribution >= 4 is 29.9 Å². The van der Waals surface area contributed by atoms with Crippen molar-refractivity contribution < 1.29 is 4.74 Å². The molecule has 1 heterocycles. The summed E-state index contributed by atoms with van der Waals surface area (Å²) in [6, 6.07) is 10.0. The molecule has 2 rings (SSSR count). The average molecular weight is 458 g/mol. The highest BCUT2D eigenvalue weighted by Gasteiger charge is 2.06. The lowest BCUT2D eigenvalue weighted by atomic mass is 10.3. The van der Waals surface area contributed by atoms with E-state index in [0.29, 0.717) is 6.54 Å². The second kappa shape index (κ2) is 12.6. The molecule has 1 aromatic carbocycles. The first-order valence-electron chi connectivity index (χ1n) is 8.31. The lowest BCUT2D eigenvalue weighted by molar-refractivity contribution is 0.143. The molecule has 2 aromatic rings. The number of aromatic nitrogens is 3. The first kappa shape index (κ1) is 21.4. The largest absolute Gasteiger partial charge is 0.382 e. The quantitative estimate of drug-likeness (QED) is 0.261. The van der Waals surface area contributed by atoms with E-state index in [4.69, 9.17) is 4.74 Å². The molecule has 7 nitrogen and oxygen atoms in total. The monoisotopic (exact) mass is 458 g/mol. The van der Waals surface area contributed by atoms with Crippen LogP contribution in [-0.2, 0) is 11.3 Å². The van der Waals surface area contributed by atoms with E-state index in [1.54, 1.807) is 13.4 Å². The molecule has 0 unspecified atom stereocenters. The van der Waals surface area contributed by atoms with Crippen LogP contribution in [0.15, 0.2) is 41.7 Å². The molecule has 0 amide bonds. The Balaban J connectivity index is 0.00000312. The van der Waals surface area contributed by atoms with Crippen molar-refractivity contribution in [3.8, 4) is 5.69 Å². The summed E-state index contributed by atoms with van der Waals surface area (Å²) in [6.07, 6.45) is 3.80. The number of rotatable bonds is 9. The minimum absolute atomic E-state index is 0. The standard InChI is InChI=1S/C17H26N6O.HI/c1-3-24-12-8-7-11-19-17(18-2)20-13-16-22-21-14-23(16)15-9-5-4-6-10-15;/h4-6,9-10,14H,3,7-8,11-13H2,1-2H3,(H2,18,19,20);1H. The van der Waals surface area contributed by atoms with Gasteiger partial charge in [0.15, 0.2) is 11.8 Å². The van der Waals surface area contributed by atoms with Gasteiger partial charge in [-0.3, -0.25) is 9.56 Å². The van der Waals surface area contributed by atoms with Crippen LogP contribution in [0.1, 0.15) is 25.6 Å². The third kappa shape index (κ3) is 7.39. The summed E-state index contributed by atoms with van der Waals surface area (Å²) < 4.78 is 7.29. The first-order chi connectivity index (χ1) is 11.8. The van der Waals surface area contributed by atoms with Crippen LogP contribution in [0.5, 0.6) is 0 Å². The van der Waals surface area contributed by atoms with Crippen molar-refractivity contribution in [2.24, 2.45) is 4.99 Å². The average Bonchev–Trinajstić information content (AvgIpc) is 3.10. The lowest BCUT2D eigenvalue weighted by Crippen LogP contribution is -2.37. The Kier molecular flexibility index (Phi) is 10.8. The van der Waals surface area contributed by atoms with Crippen molar-refractivity contribution in [1.29, 1.82) is 0 Å². The zero-order valence-corrected chi connectivity index (χ0v) is 17.1. The SMILES string of the molecule is CCOCCCCNC(=NC)NCc1nncn1-c1ccccc1.I. The molecular weight excluding hydrogens is 431 g/mol. The summed E-state index contributed by atoms with van der Waals surface area (Å²) in [4.78, 5) is 4.23. The molecule has 0 aliphatic rings. The maximum Gasteiger partial charge on any atom is 0.191 e. The van der Waals surface area contributed by atoms with Gasteiger partial charge in [0.05, 0.1) is 6.54 Å². The molecule has 0 saturated carbocycles. The number of halogens is 1. The minimum atomic E-state index is 0. The summed E-state index contributed by atoms with van der Waals surface area (Å²) in [5, 5.41) is 14.7. The number of benzene rings is 1. The van der Waals surface area contributed by atoms with Gasteiger partial charge in [0.25, 0.3) is 0 Å². The van der Waals surface area contributed by atoms with Crippen LogP contribution >= 0.6 is 24.0 Å². The minimum Gasteiger partial charge on any atom is -0.382 e. The van der Waals surface area contributed by atoms with Gasteiger partial charge >= 0.3 is 0 Å². The Hall–Kier alpha value is -1.68. The van der Waals surface area contributed by atoms with Gasteiger partial charge in [-0.1, -0.05) is 18.2 Å². The highest BCUT2D eigenvalue weighted by atomic mass is 127. The molecule has 8 heteroatoms. The number of aliphatic imine (C=N–C) groups is 1. The third-order valence-corrected chi connectivity index (χ3v) is 3.50. The predicted molar refractivity (Wildman–Crippen MR) is 111 cm³/mol. The zero-order chi connectivity index (χ0) is 17.0. The van der Waals surface area contributed by atoms with Crippen LogP contribution in [0.2, 0.25) is 0 Å². The summed E-state index contributed by atoms with van der Waals surface area (Å²) in [5.41, 5.74) is 1.04. The predicted octanol–water partition coefficient (Wildman–Crippen LogP) is 2.37. The topological polar surface area (TPSA) is 76.4 Å². The van der Waals surface area contributed by atoms with Gasteiger partial charge in [0.1, 0.15) is 6.33 Å². The molecule has 0 saturated heterocycles. The smallest absolute Gasteiger partial charge is 0.191 e. The molecule has 2 N–H and O–H groups in total. The van der Waals surface area contributed by atoms with Gasteiger partial charge < -0.3 is 15.4 Å². The summed E-state index contributed by atoms with van der Waals surface area (Å²) >= 11 is 0. The number of hydrogen-bond acceptors (Lipinski definition) is 4. The van der Waals surface area contributed by atoms with Gasteiger partial charge in [-0.25, -0.2) is 0 Å². The summed E-state index contributed by atoms with van der Waals surface area (Å²) in [6.45, 7) is 5.01. The Morgan fingerprint density at radius 3 is 2.72 bits per heavy atom. The second-order valence-corrected chi connectivity index (χ2v) is 5.21. The van der Waals surface area contributed by atoms with E-state index < -0.39 is 0 Å². The van der Waals surface area contributed by atoms with Gasteiger partial charge in [0, 0.05) is 32.5 Å². The van der Waals surface area contributed by atoms with Crippen molar-refractivity contribution in [3.63, 3.8) is 0 Å². The number of guanidine groups is 1. The highest BCUT2D eigenvalue weighted by molar-refractivity contribution is 14.0. The van der Waals surface area contributed by atoms with Crippen LogP contribution in [0, 0.1) is 0 Å². The zero-order valence-electron chi connectivity index (χ0n) is 14.8. The number of ether oxygens (including phenoxy) is 1. The number of nitrogens with one attached hydrogen (secondary N) is 2. The molecule has 1 aromatic heterocycles. The summed E-state index contributed by atoms with van der Waals surface area (Å²) in [7, 11) is 1.76. The fourth-order valence-corrected chi connectivity index (χ4v) is 2.25. The maximum atomic E-state index is 5.33. The molecular formula is C17H27IN6O. The molecule has 0 aliphatic carbocycles. The molecule has 0 bridgehead atoms. The van der Waals surface area contributed by atoms with E-state index in [0.717, 1.165) is 50.1 Å². The number of hydrogen-bond donors (Lipinski definition) is 2. The Morgan fingerprint density at radius 1 is 1.20 bits per heavy atom. The normalized spacial score (nSPS) is 11.0. The number of para-hydroxylation sites is 1. The van der Waals surface area contributed by atoms with Crippen LogP contribution in [-0.4, -0.2) is 47.5 Å². The van der Waals surface area contributed by atoms with Crippen molar-refractivity contribution in [1.82, 2.24) is 25.4 Å². The third-order valence-electron chi connectivity index (χ3n) is 3.50. The van der Waals surface area contributed by atoms with E-state index >= 15 is 0 Å². The molecule has 0 aliphatic heterocycles. The van der Waals surface area contributed by atoms with Crippen LogP contribution in [0.3, 0.4) is 0 Å².